The zero-order chi connectivity index (χ0) is 22.0. The smallest absolute Gasteiger partial charge is 0.263 e. The Bertz CT molecular complexity index is 1360. The minimum Gasteiger partial charge on any atom is -0.308 e. The topological polar surface area (TPSA) is 42.3 Å². The predicted octanol–water partition coefficient (Wildman–Crippen LogP) is 6.33. The van der Waals surface area contributed by atoms with Gasteiger partial charge in [0, 0.05) is 16.8 Å². The Morgan fingerprint density at radius 1 is 0.719 bits per heavy atom. The van der Waals surface area contributed by atoms with Crippen LogP contribution in [0.15, 0.2) is 54.6 Å². The Morgan fingerprint density at radius 2 is 1.31 bits per heavy atom. The first-order chi connectivity index (χ1) is 15.6. The van der Waals surface area contributed by atoms with Crippen LogP contribution in [0.4, 0.5) is 0 Å². The molecule has 0 N–H and O–H groups in total. The van der Waals surface area contributed by atoms with E-state index in [-0.39, 0.29) is 17.9 Å². The Labute approximate surface area is 187 Å². The molecule has 0 unspecified atom stereocenters. The molecule has 4 heteroatoms. The van der Waals surface area contributed by atoms with E-state index in [0.717, 1.165) is 53.5 Å². The Hall–Kier alpha value is -3.40. The fraction of sp³-hybridized carbons (Fsp3) is 0.286. The lowest BCUT2D eigenvalue weighted by Crippen LogP contribution is -2.41. The predicted molar refractivity (Wildman–Crippen MR) is 128 cm³/mol. The quantitative estimate of drug-likeness (QED) is 0.354. The van der Waals surface area contributed by atoms with Crippen molar-refractivity contribution in [1.29, 1.82) is 0 Å². The van der Waals surface area contributed by atoms with Crippen LogP contribution in [-0.2, 0) is 0 Å². The highest BCUT2D eigenvalue weighted by molar-refractivity contribution is 6.24. The molecule has 160 valence electrons. The molecule has 2 aliphatic rings. The lowest BCUT2D eigenvalue weighted by atomic mass is 9.94. The molecule has 4 nitrogen and oxygen atoms in total. The molecule has 6 rings (SSSR count). The first kappa shape index (κ1) is 19.3. The van der Waals surface area contributed by atoms with Crippen molar-refractivity contribution in [3.63, 3.8) is 0 Å². The molecule has 4 aromatic rings. The van der Waals surface area contributed by atoms with Gasteiger partial charge in [0.1, 0.15) is 0 Å². The lowest BCUT2D eigenvalue weighted by Gasteiger charge is -2.29. The van der Waals surface area contributed by atoms with E-state index in [1.165, 1.54) is 17.2 Å². The summed E-state index contributed by atoms with van der Waals surface area (Å²) in [4.78, 5) is 28.7. The minimum absolute atomic E-state index is 0.0191. The van der Waals surface area contributed by atoms with Crippen molar-refractivity contribution in [2.45, 2.75) is 52.0 Å². The number of aromatic nitrogens is 1. The van der Waals surface area contributed by atoms with Gasteiger partial charge in [-0.2, -0.15) is 0 Å². The normalized spacial score (nSPS) is 17.0. The number of nitrogens with zero attached hydrogens (tertiary/aromatic N) is 2. The monoisotopic (exact) mass is 422 g/mol. The van der Waals surface area contributed by atoms with Gasteiger partial charge in [-0.1, -0.05) is 61.7 Å². The zero-order valence-electron chi connectivity index (χ0n) is 18.5. The second kappa shape index (κ2) is 7.06. The van der Waals surface area contributed by atoms with Crippen LogP contribution in [0.5, 0.6) is 0 Å². The largest absolute Gasteiger partial charge is 0.308 e. The van der Waals surface area contributed by atoms with Gasteiger partial charge in [0.2, 0.25) is 0 Å². The van der Waals surface area contributed by atoms with Crippen LogP contribution in [-0.4, -0.2) is 27.3 Å². The van der Waals surface area contributed by atoms with Gasteiger partial charge in [-0.3, -0.25) is 14.5 Å². The highest BCUT2D eigenvalue weighted by Crippen LogP contribution is 2.39. The maximum atomic E-state index is 13.8. The van der Waals surface area contributed by atoms with Gasteiger partial charge in [0.15, 0.2) is 0 Å². The summed E-state index contributed by atoms with van der Waals surface area (Å²) in [6.45, 7) is 4.22. The standard InChI is InChI=1S/C28H26N2O2/c1-17-9-6-13-20-21-14-7-10-18(2)26(21)30(25(17)20)23-16-8-15-22-24(23)28(32)29(27(22)31)19-11-4-3-5-12-19/h6-10,13-16,19H,3-5,11-12H2,1-2H3. The molecule has 1 aliphatic carbocycles. The summed E-state index contributed by atoms with van der Waals surface area (Å²) in [5, 5.41) is 2.34. The van der Waals surface area contributed by atoms with Crippen LogP contribution in [0.3, 0.4) is 0 Å². The molecule has 1 fully saturated rings. The number of amides is 2. The van der Waals surface area contributed by atoms with Gasteiger partial charge in [-0.25, -0.2) is 0 Å². The van der Waals surface area contributed by atoms with E-state index in [2.05, 4.69) is 54.8 Å². The number of carbonyl (C=O) groups is 2. The van der Waals surface area contributed by atoms with Crippen molar-refractivity contribution in [3.8, 4) is 5.69 Å². The number of carbonyl (C=O) groups excluding carboxylic acids is 2. The van der Waals surface area contributed by atoms with E-state index in [0.29, 0.717) is 11.1 Å². The molecule has 0 atom stereocenters. The van der Waals surface area contributed by atoms with Crippen LogP contribution in [0.25, 0.3) is 27.5 Å². The third-order valence-electron chi connectivity index (χ3n) is 7.32. The SMILES string of the molecule is Cc1cccc2c3cccc(C)c3n(-c3cccc4c3C(=O)N(C3CCCCC3)C4=O)c12. The van der Waals surface area contributed by atoms with Crippen molar-refractivity contribution in [3.05, 3.63) is 76.9 Å². The molecule has 0 bridgehead atoms. The van der Waals surface area contributed by atoms with E-state index < -0.39 is 0 Å². The van der Waals surface area contributed by atoms with Gasteiger partial charge in [-0.15, -0.1) is 0 Å². The van der Waals surface area contributed by atoms with Crippen molar-refractivity contribution in [2.24, 2.45) is 0 Å². The van der Waals surface area contributed by atoms with Gasteiger partial charge in [0.05, 0.1) is 27.8 Å². The molecule has 0 radical (unpaired) electrons. The van der Waals surface area contributed by atoms with Crippen molar-refractivity contribution < 1.29 is 9.59 Å². The van der Waals surface area contributed by atoms with Gasteiger partial charge in [0.25, 0.3) is 11.8 Å². The van der Waals surface area contributed by atoms with Crippen LogP contribution in [0, 0.1) is 13.8 Å². The zero-order valence-corrected chi connectivity index (χ0v) is 18.5. The first-order valence-electron chi connectivity index (χ1n) is 11.6. The molecule has 3 aromatic carbocycles. The first-order valence-corrected chi connectivity index (χ1v) is 11.6. The third-order valence-corrected chi connectivity index (χ3v) is 7.32. The molecular formula is C28H26N2O2. The van der Waals surface area contributed by atoms with Crippen molar-refractivity contribution >= 4 is 33.6 Å². The number of rotatable bonds is 2. The number of benzene rings is 3. The molecule has 2 amide bonds. The summed E-state index contributed by atoms with van der Waals surface area (Å²) < 4.78 is 2.21. The minimum atomic E-state index is -0.135. The Kier molecular flexibility index (Phi) is 4.26. The number of fused-ring (bicyclic) bond motifs is 4. The molecule has 1 saturated carbocycles. The van der Waals surface area contributed by atoms with Crippen molar-refractivity contribution in [1.82, 2.24) is 9.47 Å². The lowest BCUT2D eigenvalue weighted by molar-refractivity contribution is 0.0549. The molecule has 1 aromatic heterocycles. The van der Waals surface area contributed by atoms with Gasteiger partial charge < -0.3 is 4.57 Å². The third kappa shape index (κ3) is 2.56. The number of hydrogen-bond acceptors (Lipinski definition) is 2. The van der Waals surface area contributed by atoms with E-state index >= 15 is 0 Å². The second-order valence-electron chi connectivity index (χ2n) is 9.25. The second-order valence-corrected chi connectivity index (χ2v) is 9.25. The van der Waals surface area contributed by atoms with E-state index in [9.17, 15) is 9.59 Å². The summed E-state index contributed by atoms with van der Waals surface area (Å²) in [5.74, 6) is -0.266. The van der Waals surface area contributed by atoms with E-state index in [4.69, 9.17) is 0 Å². The number of imide groups is 1. The molecular weight excluding hydrogens is 396 g/mol. The van der Waals surface area contributed by atoms with Crippen LogP contribution < -0.4 is 0 Å². The highest BCUT2D eigenvalue weighted by atomic mass is 16.2. The molecule has 2 heterocycles. The number of para-hydroxylation sites is 2. The fourth-order valence-electron chi connectivity index (χ4n) is 5.84. The summed E-state index contributed by atoms with van der Waals surface area (Å²) in [6.07, 6.45) is 5.17. The summed E-state index contributed by atoms with van der Waals surface area (Å²) in [5.41, 5.74) is 6.39. The van der Waals surface area contributed by atoms with Gasteiger partial charge >= 0.3 is 0 Å². The molecule has 32 heavy (non-hydrogen) atoms. The Morgan fingerprint density at radius 3 is 1.94 bits per heavy atom. The van der Waals surface area contributed by atoms with Crippen LogP contribution in [0.1, 0.15) is 63.9 Å². The summed E-state index contributed by atoms with van der Waals surface area (Å²) >= 11 is 0. The summed E-state index contributed by atoms with van der Waals surface area (Å²) in [7, 11) is 0. The van der Waals surface area contributed by atoms with Crippen LogP contribution in [0.2, 0.25) is 0 Å². The Balaban J connectivity index is 1.65. The highest BCUT2D eigenvalue weighted by Gasteiger charge is 2.42. The number of hydrogen-bond donors (Lipinski definition) is 0. The molecule has 0 saturated heterocycles. The maximum absolute atomic E-state index is 13.8. The van der Waals surface area contributed by atoms with Crippen molar-refractivity contribution in [2.75, 3.05) is 0 Å². The summed E-state index contributed by atoms with van der Waals surface area (Å²) in [6, 6.07) is 18.4. The maximum Gasteiger partial charge on any atom is 0.263 e. The van der Waals surface area contributed by atoms with E-state index in [1.54, 1.807) is 4.90 Å². The fourth-order valence-corrected chi connectivity index (χ4v) is 5.84. The molecule has 0 spiro atoms. The average Bonchev–Trinajstić information content (AvgIpc) is 3.28. The number of aryl methyl sites for hydroxylation is 2. The average molecular weight is 423 g/mol. The van der Waals surface area contributed by atoms with Gasteiger partial charge in [-0.05, 0) is 49.9 Å². The van der Waals surface area contributed by atoms with Crippen LogP contribution >= 0.6 is 0 Å². The molecule has 1 aliphatic heterocycles. The van der Waals surface area contributed by atoms with E-state index in [1.807, 2.05) is 18.2 Å².